The molecule has 1 aromatic carbocycles. The predicted octanol–water partition coefficient (Wildman–Crippen LogP) is 2.83. The van der Waals surface area contributed by atoms with Gasteiger partial charge in [-0.2, -0.15) is 0 Å². The summed E-state index contributed by atoms with van der Waals surface area (Å²) in [7, 11) is 0. The van der Waals surface area contributed by atoms with Gasteiger partial charge in [-0.25, -0.2) is 0 Å². The van der Waals surface area contributed by atoms with Crippen LogP contribution < -0.4 is 5.32 Å². The van der Waals surface area contributed by atoms with Gasteiger partial charge < -0.3 is 0 Å². The molecule has 1 aliphatic heterocycles. The van der Waals surface area contributed by atoms with E-state index in [1.807, 2.05) is 31.2 Å². The standard InChI is InChI=1S/C15H13BrN2O2/c1-8-12(11-3-5-14(19)18-15(11)20)7-9-6-10(16)2-4-13(9)17-8/h2,4,6-7,11H,3,5H2,1H3,(H,18,19,20). The molecule has 1 atom stereocenters. The Bertz CT molecular complexity index is 727. The maximum Gasteiger partial charge on any atom is 0.234 e. The number of imide groups is 1. The quantitative estimate of drug-likeness (QED) is 0.817. The lowest BCUT2D eigenvalue weighted by Crippen LogP contribution is -2.39. The number of benzene rings is 1. The number of pyridine rings is 1. The molecule has 2 heterocycles. The first kappa shape index (κ1) is 13.2. The summed E-state index contributed by atoms with van der Waals surface area (Å²) in [6, 6.07) is 7.88. The number of carbonyl (C=O) groups excluding carboxylic acids is 2. The number of piperidine rings is 1. The van der Waals surface area contributed by atoms with Gasteiger partial charge in [-0.15, -0.1) is 0 Å². The topological polar surface area (TPSA) is 59.1 Å². The lowest BCUT2D eigenvalue weighted by Gasteiger charge is -2.22. The zero-order valence-corrected chi connectivity index (χ0v) is 12.5. The first-order valence-corrected chi connectivity index (χ1v) is 7.24. The van der Waals surface area contributed by atoms with E-state index in [1.54, 1.807) is 0 Å². The smallest absolute Gasteiger partial charge is 0.234 e. The first-order chi connectivity index (χ1) is 9.54. The molecule has 4 nitrogen and oxygen atoms in total. The maximum absolute atomic E-state index is 12.0. The molecule has 2 amide bonds. The number of aryl methyl sites for hydroxylation is 1. The minimum absolute atomic E-state index is 0.194. The van der Waals surface area contributed by atoms with E-state index in [-0.39, 0.29) is 17.7 Å². The minimum atomic E-state index is -0.288. The molecule has 1 aliphatic rings. The van der Waals surface area contributed by atoms with Gasteiger partial charge in [0.25, 0.3) is 0 Å². The maximum atomic E-state index is 12.0. The van der Waals surface area contributed by atoms with Crippen LogP contribution in [0.2, 0.25) is 0 Å². The molecule has 0 bridgehead atoms. The molecule has 1 saturated heterocycles. The van der Waals surface area contributed by atoms with Crippen LogP contribution in [0.1, 0.15) is 30.0 Å². The van der Waals surface area contributed by atoms with Crippen LogP contribution in [0.15, 0.2) is 28.7 Å². The van der Waals surface area contributed by atoms with Crippen molar-refractivity contribution in [2.24, 2.45) is 0 Å². The molecule has 1 unspecified atom stereocenters. The number of amides is 2. The number of carbonyl (C=O) groups is 2. The number of aromatic nitrogens is 1. The zero-order chi connectivity index (χ0) is 14.3. The van der Waals surface area contributed by atoms with Gasteiger partial charge in [0.15, 0.2) is 0 Å². The van der Waals surface area contributed by atoms with Crippen LogP contribution >= 0.6 is 15.9 Å². The summed E-state index contributed by atoms with van der Waals surface area (Å²) in [5.74, 6) is -0.704. The normalized spacial score (nSPS) is 19.2. The van der Waals surface area contributed by atoms with E-state index in [0.717, 1.165) is 26.6 Å². The van der Waals surface area contributed by atoms with E-state index in [2.05, 4.69) is 26.2 Å². The van der Waals surface area contributed by atoms with Crippen molar-refractivity contribution in [1.82, 2.24) is 10.3 Å². The van der Waals surface area contributed by atoms with Crippen molar-refractivity contribution in [1.29, 1.82) is 0 Å². The Morgan fingerprint density at radius 2 is 2.10 bits per heavy atom. The van der Waals surface area contributed by atoms with E-state index < -0.39 is 0 Å². The molecule has 0 radical (unpaired) electrons. The molecule has 0 aliphatic carbocycles. The molecular formula is C15H13BrN2O2. The highest BCUT2D eigenvalue weighted by Gasteiger charge is 2.29. The van der Waals surface area contributed by atoms with E-state index >= 15 is 0 Å². The third-order valence-electron chi connectivity index (χ3n) is 3.62. The second-order valence-electron chi connectivity index (χ2n) is 5.00. The lowest BCUT2D eigenvalue weighted by molar-refractivity contribution is -0.134. The number of hydrogen-bond donors (Lipinski definition) is 1. The van der Waals surface area contributed by atoms with E-state index in [9.17, 15) is 9.59 Å². The fourth-order valence-electron chi connectivity index (χ4n) is 2.60. The molecule has 5 heteroatoms. The van der Waals surface area contributed by atoms with Gasteiger partial charge in [0.2, 0.25) is 11.8 Å². The number of hydrogen-bond acceptors (Lipinski definition) is 3. The zero-order valence-electron chi connectivity index (χ0n) is 10.9. The Kier molecular flexibility index (Phi) is 3.30. The fourth-order valence-corrected chi connectivity index (χ4v) is 2.98. The highest BCUT2D eigenvalue weighted by Crippen LogP contribution is 2.30. The molecule has 1 N–H and O–H groups in total. The van der Waals surface area contributed by atoms with Crippen LogP contribution in [0, 0.1) is 6.92 Å². The molecule has 1 fully saturated rings. The summed E-state index contributed by atoms with van der Waals surface area (Å²) in [4.78, 5) is 27.8. The molecule has 20 heavy (non-hydrogen) atoms. The Morgan fingerprint density at radius 3 is 2.85 bits per heavy atom. The summed E-state index contributed by atoms with van der Waals surface area (Å²) in [6.45, 7) is 1.90. The average molecular weight is 333 g/mol. The number of fused-ring (bicyclic) bond motifs is 1. The third kappa shape index (κ3) is 2.33. The SMILES string of the molecule is Cc1nc2ccc(Br)cc2cc1C1CCC(=O)NC1=O. The van der Waals surface area contributed by atoms with Crippen molar-refractivity contribution in [3.05, 3.63) is 40.0 Å². The lowest BCUT2D eigenvalue weighted by atomic mass is 9.89. The second-order valence-corrected chi connectivity index (χ2v) is 5.92. The summed E-state index contributed by atoms with van der Waals surface area (Å²) in [6.07, 6.45) is 0.930. The first-order valence-electron chi connectivity index (χ1n) is 6.45. The van der Waals surface area contributed by atoms with Crippen molar-refractivity contribution in [3.63, 3.8) is 0 Å². The van der Waals surface area contributed by atoms with Gasteiger partial charge in [-0.05, 0) is 43.2 Å². The highest BCUT2D eigenvalue weighted by atomic mass is 79.9. The van der Waals surface area contributed by atoms with E-state index in [4.69, 9.17) is 0 Å². The van der Waals surface area contributed by atoms with Gasteiger partial charge in [0, 0.05) is 22.0 Å². The van der Waals surface area contributed by atoms with E-state index in [1.165, 1.54) is 0 Å². The summed E-state index contributed by atoms with van der Waals surface area (Å²) < 4.78 is 0.977. The average Bonchev–Trinajstić information content (AvgIpc) is 2.39. The van der Waals surface area contributed by atoms with Crippen molar-refractivity contribution in [3.8, 4) is 0 Å². The molecule has 3 rings (SSSR count). The molecular weight excluding hydrogens is 320 g/mol. The van der Waals surface area contributed by atoms with Crippen LogP contribution in [-0.2, 0) is 9.59 Å². The Morgan fingerprint density at radius 1 is 1.30 bits per heavy atom. The second kappa shape index (κ2) is 4.98. The molecule has 0 saturated carbocycles. The van der Waals surface area contributed by atoms with Crippen LogP contribution in [-0.4, -0.2) is 16.8 Å². The molecule has 0 spiro atoms. The number of nitrogens with zero attached hydrogens (tertiary/aromatic N) is 1. The summed E-state index contributed by atoms with van der Waals surface area (Å²) in [5.41, 5.74) is 2.65. The molecule has 2 aromatic rings. The predicted molar refractivity (Wildman–Crippen MR) is 79.3 cm³/mol. The summed E-state index contributed by atoms with van der Waals surface area (Å²) in [5, 5.41) is 3.39. The van der Waals surface area contributed by atoms with Gasteiger partial charge in [0.05, 0.1) is 11.4 Å². The van der Waals surface area contributed by atoms with Gasteiger partial charge in [-0.1, -0.05) is 15.9 Å². The Hall–Kier alpha value is -1.75. The van der Waals surface area contributed by atoms with Crippen molar-refractivity contribution in [2.45, 2.75) is 25.7 Å². The van der Waals surface area contributed by atoms with Crippen molar-refractivity contribution in [2.75, 3.05) is 0 Å². The number of halogens is 1. The van der Waals surface area contributed by atoms with Gasteiger partial charge in [0.1, 0.15) is 0 Å². The van der Waals surface area contributed by atoms with Crippen LogP contribution in [0.5, 0.6) is 0 Å². The van der Waals surface area contributed by atoms with Gasteiger partial charge >= 0.3 is 0 Å². The number of nitrogens with one attached hydrogen (secondary N) is 1. The fraction of sp³-hybridized carbons (Fsp3) is 0.267. The largest absolute Gasteiger partial charge is 0.296 e. The third-order valence-corrected chi connectivity index (χ3v) is 4.11. The van der Waals surface area contributed by atoms with Crippen LogP contribution in [0.4, 0.5) is 0 Å². The van der Waals surface area contributed by atoms with Crippen molar-refractivity contribution < 1.29 is 9.59 Å². The minimum Gasteiger partial charge on any atom is -0.296 e. The van der Waals surface area contributed by atoms with Gasteiger partial charge in [-0.3, -0.25) is 19.9 Å². The Balaban J connectivity index is 2.08. The van der Waals surface area contributed by atoms with Crippen molar-refractivity contribution >= 4 is 38.6 Å². The van der Waals surface area contributed by atoms with Crippen LogP contribution in [0.25, 0.3) is 10.9 Å². The number of rotatable bonds is 1. The molecule has 102 valence electrons. The van der Waals surface area contributed by atoms with E-state index in [0.29, 0.717) is 12.8 Å². The molecule has 1 aromatic heterocycles. The summed E-state index contributed by atoms with van der Waals surface area (Å²) >= 11 is 3.44. The highest BCUT2D eigenvalue weighted by molar-refractivity contribution is 9.10. The Labute approximate surface area is 124 Å². The van der Waals surface area contributed by atoms with Crippen LogP contribution in [0.3, 0.4) is 0 Å². The monoisotopic (exact) mass is 332 g/mol.